The van der Waals surface area contributed by atoms with Gasteiger partial charge in [-0.15, -0.1) is 0 Å². The summed E-state index contributed by atoms with van der Waals surface area (Å²) in [4.78, 5) is 6.77. The zero-order valence-electron chi connectivity index (χ0n) is 12.2. The van der Waals surface area contributed by atoms with Gasteiger partial charge in [-0.3, -0.25) is 9.67 Å². The molecule has 20 heavy (non-hydrogen) atoms. The number of nitrogens with one attached hydrogen (secondary N) is 1. The van der Waals surface area contributed by atoms with E-state index in [1.165, 1.54) is 0 Å². The lowest BCUT2D eigenvalue weighted by Crippen LogP contribution is -2.59. The van der Waals surface area contributed by atoms with E-state index in [1.807, 2.05) is 30.1 Å². The van der Waals surface area contributed by atoms with Crippen LogP contribution in [0.25, 0.3) is 0 Å². The molecule has 1 aromatic rings. The van der Waals surface area contributed by atoms with Crippen molar-refractivity contribution in [1.29, 1.82) is 0 Å². The third-order valence-corrected chi connectivity index (χ3v) is 4.08. The molecular weight excluding hydrogens is 254 g/mol. The maximum absolute atomic E-state index is 5.81. The number of aromatic nitrogens is 2. The minimum absolute atomic E-state index is 0.242. The summed E-state index contributed by atoms with van der Waals surface area (Å²) in [5, 5.41) is 7.94. The van der Waals surface area contributed by atoms with Gasteiger partial charge in [-0.05, 0) is 25.8 Å². The molecule has 3 atom stereocenters. The van der Waals surface area contributed by atoms with Crippen molar-refractivity contribution in [3.05, 3.63) is 18.5 Å². The fraction of sp³-hybridized carbons (Fsp3) is 0.714. The molecule has 1 aliphatic heterocycles. The van der Waals surface area contributed by atoms with E-state index in [4.69, 9.17) is 4.74 Å². The van der Waals surface area contributed by atoms with Gasteiger partial charge in [0.1, 0.15) is 0 Å². The molecule has 0 spiro atoms. The number of hydrogen-bond donors (Lipinski definition) is 1. The molecule has 6 heteroatoms. The molecule has 0 bridgehead atoms. The van der Waals surface area contributed by atoms with E-state index in [2.05, 4.69) is 27.4 Å². The number of ether oxygens (including phenoxy) is 1. The Hall–Kier alpha value is -1.56. The lowest BCUT2D eigenvalue weighted by molar-refractivity contribution is -0.0567. The number of rotatable bonds is 4. The largest absolute Gasteiger partial charge is 0.376 e. The molecule has 0 amide bonds. The molecule has 0 radical (unpaired) electrons. The summed E-state index contributed by atoms with van der Waals surface area (Å²) < 4.78 is 7.81. The summed E-state index contributed by atoms with van der Waals surface area (Å²) in [5.41, 5.74) is 0. The molecule has 1 aliphatic carbocycles. The number of nitrogens with zero attached hydrogens (tertiary/aromatic N) is 4. The van der Waals surface area contributed by atoms with Gasteiger partial charge in [0.2, 0.25) is 0 Å². The highest BCUT2D eigenvalue weighted by atomic mass is 16.5. The van der Waals surface area contributed by atoms with Crippen molar-refractivity contribution in [3.8, 4) is 0 Å². The van der Waals surface area contributed by atoms with E-state index in [0.29, 0.717) is 6.04 Å². The first-order valence-corrected chi connectivity index (χ1v) is 7.42. The predicted molar refractivity (Wildman–Crippen MR) is 77.8 cm³/mol. The molecule has 1 aromatic heterocycles. The molecule has 1 saturated carbocycles. The van der Waals surface area contributed by atoms with Crippen molar-refractivity contribution in [1.82, 2.24) is 20.0 Å². The molecule has 0 aromatic carbocycles. The Bertz CT molecular complexity index is 458. The Morgan fingerprint density at radius 3 is 3.10 bits per heavy atom. The number of guanidine groups is 1. The summed E-state index contributed by atoms with van der Waals surface area (Å²) in [7, 11) is 2.09. The molecule has 0 saturated heterocycles. The monoisotopic (exact) mass is 277 g/mol. The maximum atomic E-state index is 5.81. The first-order chi connectivity index (χ1) is 9.79. The summed E-state index contributed by atoms with van der Waals surface area (Å²) in [6, 6.07) is 2.55. The SMILES string of the molecule is CCOC1CC(NC2=NCCCN2C)C1n1cccn1. The Morgan fingerprint density at radius 1 is 1.50 bits per heavy atom. The molecule has 110 valence electrons. The van der Waals surface area contributed by atoms with Gasteiger partial charge in [-0.25, -0.2) is 0 Å². The average Bonchev–Trinajstić information content (AvgIpc) is 2.93. The highest BCUT2D eigenvalue weighted by Gasteiger charge is 2.44. The second-order valence-electron chi connectivity index (χ2n) is 5.44. The molecule has 1 fully saturated rings. The zero-order valence-corrected chi connectivity index (χ0v) is 12.2. The molecule has 2 heterocycles. The van der Waals surface area contributed by atoms with Gasteiger partial charge in [0, 0.05) is 39.1 Å². The lowest BCUT2D eigenvalue weighted by atomic mass is 9.82. The van der Waals surface area contributed by atoms with Crippen LogP contribution in [-0.2, 0) is 4.74 Å². The van der Waals surface area contributed by atoms with Crippen molar-refractivity contribution in [2.24, 2.45) is 4.99 Å². The Balaban J connectivity index is 1.68. The van der Waals surface area contributed by atoms with Crippen LogP contribution in [0.1, 0.15) is 25.8 Å². The smallest absolute Gasteiger partial charge is 0.193 e. The van der Waals surface area contributed by atoms with Crippen LogP contribution in [-0.4, -0.2) is 59.5 Å². The van der Waals surface area contributed by atoms with Gasteiger partial charge in [0.25, 0.3) is 0 Å². The molecular formula is C14H23N5O. The van der Waals surface area contributed by atoms with Crippen LogP contribution < -0.4 is 5.32 Å². The van der Waals surface area contributed by atoms with E-state index < -0.39 is 0 Å². The van der Waals surface area contributed by atoms with E-state index in [1.54, 1.807) is 0 Å². The Morgan fingerprint density at radius 2 is 2.40 bits per heavy atom. The first-order valence-electron chi connectivity index (χ1n) is 7.42. The van der Waals surface area contributed by atoms with Crippen LogP contribution in [0.5, 0.6) is 0 Å². The van der Waals surface area contributed by atoms with Crippen LogP contribution in [0.2, 0.25) is 0 Å². The molecule has 6 nitrogen and oxygen atoms in total. The quantitative estimate of drug-likeness (QED) is 0.888. The van der Waals surface area contributed by atoms with Gasteiger partial charge in [0.15, 0.2) is 5.96 Å². The van der Waals surface area contributed by atoms with Gasteiger partial charge in [-0.1, -0.05) is 0 Å². The fourth-order valence-electron chi connectivity index (χ4n) is 2.97. The standard InChI is InChI=1S/C14H23N5O/c1-3-20-12-10-11(13(12)19-9-5-7-16-19)17-14-15-6-4-8-18(14)2/h5,7,9,11-13H,3-4,6,8,10H2,1-2H3,(H,15,17). The fourth-order valence-corrected chi connectivity index (χ4v) is 2.97. The van der Waals surface area contributed by atoms with Crippen LogP contribution in [0.4, 0.5) is 0 Å². The molecule has 1 N–H and O–H groups in total. The second-order valence-corrected chi connectivity index (χ2v) is 5.44. The highest BCUT2D eigenvalue weighted by molar-refractivity contribution is 5.80. The van der Waals surface area contributed by atoms with Crippen molar-refractivity contribution < 1.29 is 4.74 Å². The summed E-state index contributed by atoms with van der Waals surface area (Å²) >= 11 is 0. The second kappa shape index (κ2) is 5.83. The molecule has 2 aliphatic rings. The topological polar surface area (TPSA) is 54.7 Å². The van der Waals surface area contributed by atoms with Gasteiger partial charge >= 0.3 is 0 Å². The van der Waals surface area contributed by atoms with Gasteiger partial charge < -0.3 is 15.0 Å². The summed E-state index contributed by atoms with van der Waals surface area (Å²) in [6.07, 6.45) is 6.22. The van der Waals surface area contributed by atoms with E-state index >= 15 is 0 Å². The summed E-state index contributed by atoms with van der Waals surface area (Å²) in [6.45, 7) is 4.77. The predicted octanol–water partition coefficient (Wildman–Crippen LogP) is 0.883. The summed E-state index contributed by atoms with van der Waals surface area (Å²) in [5.74, 6) is 1.01. The molecule has 3 unspecified atom stereocenters. The van der Waals surface area contributed by atoms with E-state index in [0.717, 1.165) is 38.5 Å². The first kappa shape index (κ1) is 13.4. The van der Waals surface area contributed by atoms with E-state index in [9.17, 15) is 0 Å². The lowest BCUT2D eigenvalue weighted by Gasteiger charge is -2.45. The minimum Gasteiger partial charge on any atom is -0.376 e. The van der Waals surface area contributed by atoms with Crippen LogP contribution in [0.15, 0.2) is 23.5 Å². The maximum Gasteiger partial charge on any atom is 0.193 e. The Kier molecular flexibility index (Phi) is 3.91. The Labute approximate surface area is 119 Å². The van der Waals surface area contributed by atoms with E-state index in [-0.39, 0.29) is 12.1 Å². The van der Waals surface area contributed by atoms with Crippen molar-refractivity contribution >= 4 is 5.96 Å². The average molecular weight is 277 g/mol. The van der Waals surface area contributed by atoms with Crippen LogP contribution in [0.3, 0.4) is 0 Å². The van der Waals surface area contributed by atoms with Crippen LogP contribution >= 0.6 is 0 Å². The van der Waals surface area contributed by atoms with Gasteiger partial charge in [-0.2, -0.15) is 5.10 Å². The van der Waals surface area contributed by atoms with Crippen molar-refractivity contribution in [3.63, 3.8) is 0 Å². The number of hydrogen-bond acceptors (Lipinski definition) is 5. The zero-order chi connectivity index (χ0) is 13.9. The minimum atomic E-state index is 0.242. The van der Waals surface area contributed by atoms with Crippen LogP contribution in [0, 0.1) is 0 Å². The highest BCUT2D eigenvalue weighted by Crippen LogP contribution is 2.35. The third kappa shape index (κ3) is 2.52. The normalized spacial score (nSPS) is 29.8. The van der Waals surface area contributed by atoms with Crippen molar-refractivity contribution in [2.45, 2.75) is 38.0 Å². The third-order valence-electron chi connectivity index (χ3n) is 4.08. The van der Waals surface area contributed by atoms with Gasteiger partial charge in [0.05, 0.1) is 18.2 Å². The molecule has 3 rings (SSSR count). The van der Waals surface area contributed by atoms with Crippen molar-refractivity contribution in [2.75, 3.05) is 26.7 Å². The number of aliphatic imine (C=N–C) groups is 1.